The second-order valence-corrected chi connectivity index (χ2v) is 6.48. The molecule has 1 aliphatic heterocycles. The number of rotatable bonds is 3. The molecular formula is C17H19BrN4O. The Morgan fingerprint density at radius 1 is 1.13 bits per heavy atom. The lowest BCUT2D eigenvalue weighted by Crippen LogP contribution is -2.44. The topological polar surface area (TPSA) is 48.5 Å². The maximum Gasteiger partial charge on any atom is 0.256 e. The summed E-state index contributed by atoms with van der Waals surface area (Å²) in [5.41, 5.74) is 1.30. The first-order valence-corrected chi connectivity index (χ1v) is 8.38. The van der Waals surface area contributed by atoms with Crippen LogP contribution in [0.25, 0.3) is 0 Å². The van der Waals surface area contributed by atoms with Crippen LogP contribution in [-0.4, -0.2) is 49.0 Å². The molecule has 6 heteroatoms. The predicted molar refractivity (Wildman–Crippen MR) is 96.0 cm³/mol. The molecule has 0 spiro atoms. The molecule has 23 heavy (non-hydrogen) atoms. The van der Waals surface area contributed by atoms with Crippen molar-refractivity contribution in [3.05, 3.63) is 52.6 Å². The highest BCUT2D eigenvalue weighted by molar-refractivity contribution is 9.10. The first-order chi connectivity index (χ1) is 11.1. The minimum absolute atomic E-state index is 0.147. The van der Waals surface area contributed by atoms with Gasteiger partial charge in [-0.25, -0.2) is 4.98 Å². The third-order valence-corrected chi connectivity index (χ3v) is 4.64. The number of hydrogen-bond donors (Lipinski definition) is 1. The van der Waals surface area contributed by atoms with Gasteiger partial charge in [0.25, 0.3) is 5.91 Å². The van der Waals surface area contributed by atoms with Crippen LogP contribution in [0.15, 0.2) is 47.1 Å². The summed E-state index contributed by atoms with van der Waals surface area (Å²) < 4.78 is 0.777. The van der Waals surface area contributed by atoms with Crippen LogP contribution >= 0.6 is 15.9 Å². The van der Waals surface area contributed by atoms with Gasteiger partial charge in [0.2, 0.25) is 0 Å². The standard InChI is InChI=1S/C17H19BrN4O/c1-21-8-10-22(11-9-21)16-7-6-13(12-19-16)20-17(23)14-4-2-3-5-15(14)18/h2-7,12H,8-11H2,1H3,(H,20,23). The van der Waals surface area contributed by atoms with Crippen molar-refractivity contribution in [2.75, 3.05) is 43.4 Å². The maximum atomic E-state index is 12.3. The smallest absolute Gasteiger partial charge is 0.256 e. The van der Waals surface area contributed by atoms with Gasteiger partial charge < -0.3 is 15.1 Å². The van der Waals surface area contributed by atoms with Gasteiger partial charge in [0.05, 0.1) is 17.4 Å². The second-order valence-electron chi connectivity index (χ2n) is 5.63. The summed E-state index contributed by atoms with van der Waals surface area (Å²) in [6, 6.07) is 11.2. The van der Waals surface area contributed by atoms with Crippen LogP contribution in [0.4, 0.5) is 11.5 Å². The summed E-state index contributed by atoms with van der Waals surface area (Å²) in [5, 5.41) is 2.88. The monoisotopic (exact) mass is 374 g/mol. The van der Waals surface area contributed by atoms with Crippen molar-refractivity contribution in [2.24, 2.45) is 0 Å². The number of amides is 1. The zero-order chi connectivity index (χ0) is 16.2. The molecule has 5 nitrogen and oxygen atoms in total. The van der Waals surface area contributed by atoms with Gasteiger partial charge in [0.15, 0.2) is 0 Å². The van der Waals surface area contributed by atoms with E-state index in [0.29, 0.717) is 11.3 Å². The number of pyridine rings is 1. The van der Waals surface area contributed by atoms with Crippen LogP contribution in [0.5, 0.6) is 0 Å². The van der Waals surface area contributed by atoms with Gasteiger partial charge in [-0.3, -0.25) is 4.79 Å². The molecular weight excluding hydrogens is 356 g/mol. The molecule has 0 aliphatic carbocycles. The highest BCUT2D eigenvalue weighted by Crippen LogP contribution is 2.19. The van der Waals surface area contributed by atoms with Crippen molar-refractivity contribution in [2.45, 2.75) is 0 Å². The summed E-state index contributed by atoms with van der Waals surface area (Å²) in [4.78, 5) is 21.3. The first kappa shape index (κ1) is 16.0. The molecule has 1 aliphatic rings. The lowest BCUT2D eigenvalue weighted by Gasteiger charge is -2.33. The number of hydrogen-bond acceptors (Lipinski definition) is 4. The summed E-state index contributed by atoms with van der Waals surface area (Å²) in [6.07, 6.45) is 1.71. The molecule has 3 rings (SSSR count). The predicted octanol–water partition coefficient (Wildman–Crippen LogP) is 2.85. The zero-order valence-corrected chi connectivity index (χ0v) is 14.6. The zero-order valence-electron chi connectivity index (χ0n) is 13.0. The number of piperazine rings is 1. The van der Waals surface area contributed by atoms with Gasteiger partial charge >= 0.3 is 0 Å². The number of nitrogens with one attached hydrogen (secondary N) is 1. The van der Waals surface area contributed by atoms with Gasteiger partial charge in [0.1, 0.15) is 5.82 Å². The number of nitrogens with zero attached hydrogens (tertiary/aromatic N) is 3. The Kier molecular flexibility index (Phi) is 4.93. The number of carbonyl (C=O) groups is 1. The summed E-state index contributed by atoms with van der Waals surface area (Å²) >= 11 is 3.39. The molecule has 1 amide bonds. The van der Waals surface area contributed by atoms with E-state index in [-0.39, 0.29) is 5.91 Å². The molecule has 2 aromatic rings. The Morgan fingerprint density at radius 2 is 1.87 bits per heavy atom. The van der Waals surface area contributed by atoms with E-state index in [0.717, 1.165) is 36.5 Å². The van der Waals surface area contributed by atoms with Crippen molar-refractivity contribution in [1.29, 1.82) is 0 Å². The molecule has 2 heterocycles. The normalized spacial score (nSPS) is 15.5. The summed E-state index contributed by atoms with van der Waals surface area (Å²) in [5.74, 6) is 0.809. The van der Waals surface area contributed by atoms with Crippen LogP contribution in [-0.2, 0) is 0 Å². The number of carbonyl (C=O) groups excluding carboxylic acids is 1. The van der Waals surface area contributed by atoms with Crippen LogP contribution < -0.4 is 10.2 Å². The van der Waals surface area contributed by atoms with E-state index in [1.54, 1.807) is 12.3 Å². The summed E-state index contributed by atoms with van der Waals surface area (Å²) in [7, 11) is 2.13. The van der Waals surface area contributed by atoms with E-state index in [2.05, 4.69) is 43.1 Å². The summed E-state index contributed by atoms with van der Waals surface area (Å²) in [6.45, 7) is 4.04. The molecule has 0 saturated carbocycles. The number of anilines is 2. The van der Waals surface area contributed by atoms with E-state index < -0.39 is 0 Å². The average Bonchev–Trinajstić information content (AvgIpc) is 2.57. The van der Waals surface area contributed by atoms with Gasteiger partial charge in [-0.15, -0.1) is 0 Å². The van der Waals surface area contributed by atoms with E-state index in [4.69, 9.17) is 0 Å². The molecule has 1 saturated heterocycles. The van der Waals surface area contributed by atoms with Crippen molar-refractivity contribution >= 4 is 33.3 Å². The fourth-order valence-electron chi connectivity index (χ4n) is 2.53. The van der Waals surface area contributed by atoms with Gasteiger partial charge in [0, 0.05) is 30.7 Å². The van der Waals surface area contributed by atoms with E-state index in [1.165, 1.54) is 0 Å². The van der Waals surface area contributed by atoms with Gasteiger partial charge in [-0.05, 0) is 47.2 Å². The molecule has 120 valence electrons. The van der Waals surface area contributed by atoms with E-state index in [9.17, 15) is 4.79 Å². The minimum atomic E-state index is -0.147. The second kappa shape index (κ2) is 7.10. The number of aromatic nitrogens is 1. The van der Waals surface area contributed by atoms with Gasteiger partial charge in [-0.2, -0.15) is 0 Å². The minimum Gasteiger partial charge on any atom is -0.354 e. The van der Waals surface area contributed by atoms with Crippen molar-refractivity contribution in [1.82, 2.24) is 9.88 Å². The first-order valence-electron chi connectivity index (χ1n) is 7.59. The van der Waals surface area contributed by atoms with E-state index in [1.807, 2.05) is 30.3 Å². The average molecular weight is 375 g/mol. The SMILES string of the molecule is CN1CCN(c2ccc(NC(=O)c3ccccc3Br)cn2)CC1. The quantitative estimate of drug-likeness (QED) is 0.897. The van der Waals surface area contributed by atoms with Crippen molar-refractivity contribution in [3.8, 4) is 0 Å². The molecule has 0 atom stereocenters. The molecule has 1 N–H and O–H groups in total. The Bertz CT molecular complexity index is 681. The van der Waals surface area contributed by atoms with Crippen LogP contribution in [0.2, 0.25) is 0 Å². The molecule has 1 aromatic carbocycles. The fourth-order valence-corrected chi connectivity index (χ4v) is 2.99. The lowest BCUT2D eigenvalue weighted by molar-refractivity contribution is 0.102. The van der Waals surface area contributed by atoms with E-state index >= 15 is 0 Å². The highest BCUT2D eigenvalue weighted by atomic mass is 79.9. The van der Waals surface area contributed by atoms with Crippen molar-refractivity contribution in [3.63, 3.8) is 0 Å². The lowest BCUT2D eigenvalue weighted by atomic mass is 10.2. The van der Waals surface area contributed by atoms with Crippen LogP contribution in [0.1, 0.15) is 10.4 Å². The Morgan fingerprint density at radius 3 is 2.52 bits per heavy atom. The Balaban J connectivity index is 1.66. The molecule has 1 fully saturated rings. The largest absolute Gasteiger partial charge is 0.354 e. The number of likely N-dealkylation sites (N-methyl/N-ethyl adjacent to an activating group) is 1. The Labute approximate surface area is 144 Å². The third kappa shape index (κ3) is 3.89. The fraction of sp³-hybridized carbons (Fsp3) is 0.294. The molecule has 1 aromatic heterocycles. The molecule has 0 unspecified atom stereocenters. The third-order valence-electron chi connectivity index (χ3n) is 3.95. The Hall–Kier alpha value is -1.92. The van der Waals surface area contributed by atoms with Crippen LogP contribution in [0.3, 0.4) is 0 Å². The molecule has 0 radical (unpaired) electrons. The van der Waals surface area contributed by atoms with Crippen molar-refractivity contribution < 1.29 is 4.79 Å². The number of benzene rings is 1. The van der Waals surface area contributed by atoms with Gasteiger partial charge in [-0.1, -0.05) is 12.1 Å². The number of halogens is 1. The highest BCUT2D eigenvalue weighted by Gasteiger charge is 2.15. The maximum absolute atomic E-state index is 12.3. The van der Waals surface area contributed by atoms with Crippen LogP contribution in [0, 0.1) is 0 Å². The molecule has 0 bridgehead atoms.